The van der Waals surface area contributed by atoms with Crippen LogP contribution < -0.4 is 5.32 Å². The summed E-state index contributed by atoms with van der Waals surface area (Å²) in [6.07, 6.45) is 0.979. The summed E-state index contributed by atoms with van der Waals surface area (Å²) in [5.74, 6) is 0. The van der Waals surface area contributed by atoms with Crippen molar-refractivity contribution < 1.29 is 15.0 Å². The Balaban J connectivity index is 3.70. The Hall–Kier alpha value is -0.593. The van der Waals surface area contributed by atoms with Gasteiger partial charge in [-0.1, -0.05) is 12.6 Å². The van der Waals surface area contributed by atoms with Gasteiger partial charge in [0.05, 0.1) is 13.2 Å². The maximum Gasteiger partial charge on any atom is 0.317 e. The molecule has 3 N–H and O–H groups in total. The highest BCUT2D eigenvalue weighted by molar-refractivity contribution is 6.33. The molecule has 0 aliphatic heterocycles. The third kappa shape index (κ3) is 7.35. The molecule has 0 fully saturated rings. The number of rotatable bonds is 8. The SMILES string of the molecule is C[Si]CCCNC(=O)N(CCO)CCO. The average molecular weight is 232 g/mol. The highest BCUT2D eigenvalue weighted by atomic mass is 28.2. The number of carbonyl (C=O) groups is 1. The van der Waals surface area contributed by atoms with E-state index in [1.165, 1.54) is 4.90 Å². The number of amides is 2. The van der Waals surface area contributed by atoms with Crippen LogP contribution in [0.3, 0.4) is 0 Å². The van der Waals surface area contributed by atoms with E-state index < -0.39 is 0 Å². The topological polar surface area (TPSA) is 72.8 Å². The minimum atomic E-state index is -0.211. The number of nitrogens with zero attached hydrogens (tertiary/aromatic N) is 1. The van der Waals surface area contributed by atoms with Crippen LogP contribution in [0.4, 0.5) is 4.79 Å². The van der Waals surface area contributed by atoms with Crippen LogP contribution in [-0.2, 0) is 0 Å². The van der Waals surface area contributed by atoms with Gasteiger partial charge in [0, 0.05) is 29.2 Å². The van der Waals surface area contributed by atoms with E-state index in [0.29, 0.717) is 6.54 Å². The van der Waals surface area contributed by atoms with Crippen LogP contribution in [0.25, 0.3) is 0 Å². The third-order valence-electron chi connectivity index (χ3n) is 1.91. The number of aliphatic hydroxyl groups excluding tert-OH is 2. The lowest BCUT2D eigenvalue weighted by Gasteiger charge is -2.20. The Kier molecular flexibility index (Phi) is 9.55. The molecule has 0 rings (SSSR count). The molecule has 0 aromatic heterocycles. The van der Waals surface area contributed by atoms with Gasteiger partial charge < -0.3 is 20.4 Å². The van der Waals surface area contributed by atoms with E-state index in [0.717, 1.165) is 22.0 Å². The van der Waals surface area contributed by atoms with Gasteiger partial charge in [-0.05, 0) is 6.42 Å². The predicted molar refractivity (Wildman–Crippen MR) is 60.2 cm³/mol. The molecule has 0 spiro atoms. The number of urea groups is 1. The van der Waals surface area contributed by atoms with Gasteiger partial charge in [0.1, 0.15) is 0 Å². The van der Waals surface area contributed by atoms with E-state index in [2.05, 4.69) is 11.9 Å². The van der Waals surface area contributed by atoms with Gasteiger partial charge in [0.2, 0.25) is 0 Å². The molecule has 0 aliphatic carbocycles. The highest BCUT2D eigenvalue weighted by Crippen LogP contribution is 1.91. The van der Waals surface area contributed by atoms with Crippen LogP contribution in [0.2, 0.25) is 12.6 Å². The van der Waals surface area contributed by atoms with Gasteiger partial charge >= 0.3 is 6.03 Å². The van der Waals surface area contributed by atoms with Crippen LogP contribution in [0.1, 0.15) is 6.42 Å². The molecule has 0 aliphatic rings. The number of aliphatic hydroxyl groups is 2. The normalized spacial score (nSPS) is 10.1. The summed E-state index contributed by atoms with van der Waals surface area (Å²) in [4.78, 5) is 12.9. The summed E-state index contributed by atoms with van der Waals surface area (Å²) in [6, 6.07) is 0.915. The Morgan fingerprint density at radius 1 is 1.33 bits per heavy atom. The van der Waals surface area contributed by atoms with Crippen molar-refractivity contribution in [1.82, 2.24) is 10.2 Å². The van der Waals surface area contributed by atoms with Crippen molar-refractivity contribution in [2.75, 3.05) is 32.8 Å². The fourth-order valence-corrected chi connectivity index (χ4v) is 1.66. The molecular formula is C9H20N2O3Si. The minimum Gasteiger partial charge on any atom is -0.395 e. The monoisotopic (exact) mass is 232 g/mol. The zero-order valence-corrected chi connectivity index (χ0v) is 10.2. The first-order chi connectivity index (χ1) is 7.26. The zero-order valence-electron chi connectivity index (χ0n) is 9.20. The van der Waals surface area contributed by atoms with E-state index in [1.807, 2.05) is 0 Å². The van der Waals surface area contributed by atoms with E-state index in [4.69, 9.17) is 10.2 Å². The van der Waals surface area contributed by atoms with Crippen molar-refractivity contribution >= 4 is 15.6 Å². The maximum absolute atomic E-state index is 11.5. The van der Waals surface area contributed by atoms with E-state index in [-0.39, 0.29) is 32.3 Å². The molecule has 2 amide bonds. The van der Waals surface area contributed by atoms with Gasteiger partial charge in [-0.25, -0.2) is 4.79 Å². The lowest BCUT2D eigenvalue weighted by molar-refractivity contribution is 0.158. The van der Waals surface area contributed by atoms with Gasteiger partial charge in [0.15, 0.2) is 0 Å². The fraction of sp³-hybridized carbons (Fsp3) is 0.889. The largest absolute Gasteiger partial charge is 0.395 e. The van der Waals surface area contributed by atoms with Gasteiger partial charge in [-0.3, -0.25) is 0 Å². The average Bonchev–Trinajstić information content (AvgIpc) is 2.24. The van der Waals surface area contributed by atoms with Crippen LogP contribution in [0.15, 0.2) is 0 Å². The smallest absolute Gasteiger partial charge is 0.317 e. The van der Waals surface area contributed by atoms with E-state index in [1.54, 1.807) is 0 Å². The quantitative estimate of drug-likeness (QED) is 0.392. The van der Waals surface area contributed by atoms with Crippen molar-refractivity contribution in [1.29, 1.82) is 0 Å². The number of nitrogens with one attached hydrogen (secondary N) is 1. The highest BCUT2D eigenvalue weighted by Gasteiger charge is 2.10. The molecule has 88 valence electrons. The first-order valence-electron chi connectivity index (χ1n) is 5.15. The standard InChI is InChI=1S/C9H20N2O3Si/c1-15-8-2-3-10-9(14)11(4-6-12)5-7-13/h12-13H,2-8H2,1H3,(H,10,14). The van der Waals surface area contributed by atoms with Crippen LogP contribution >= 0.6 is 0 Å². The van der Waals surface area contributed by atoms with Crippen LogP contribution in [-0.4, -0.2) is 63.5 Å². The molecule has 5 nitrogen and oxygen atoms in total. The summed E-state index contributed by atoms with van der Waals surface area (Å²) in [6.45, 7) is 3.16. The van der Waals surface area contributed by atoms with Crippen molar-refractivity contribution in [3.63, 3.8) is 0 Å². The van der Waals surface area contributed by atoms with E-state index in [9.17, 15) is 4.79 Å². The molecule has 2 radical (unpaired) electrons. The fourth-order valence-electron chi connectivity index (χ4n) is 1.13. The lowest BCUT2D eigenvalue weighted by Crippen LogP contribution is -2.43. The second-order valence-corrected chi connectivity index (χ2v) is 4.33. The third-order valence-corrected chi connectivity index (χ3v) is 2.76. The molecule has 0 aromatic rings. The van der Waals surface area contributed by atoms with Crippen LogP contribution in [0.5, 0.6) is 0 Å². The molecule has 0 saturated heterocycles. The zero-order chi connectivity index (χ0) is 11.5. The molecule has 15 heavy (non-hydrogen) atoms. The molecule has 0 bridgehead atoms. The van der Waals surface area contributed by atoms with Gasteiger partial charge in [-0.15, -0.1) is 0 Å². The predicted octanol–water partition coefficient (Wildman–Crippen LogP) is -0.457. The molecule has 6 heteroatoms. The number of carbonyl (C=O) groups excluding carboxylic acids is 1. The Morgan fingerprint density at radius 3 is 2.40 bits per heavy atom. The first-order valence-corrected chi connectivity index (χ1v) is 6.86. The maximum atomic E-state index is 11.5. The Morgan fingerprint density at radius 2 is 1.93 bits per heavy atom. The Labute approximate surface area is 93.3 Å². The molecule has 0 heterocycles. The number of hydrogen-bond acceptors (Lipinski definition) is 3. The summed E-state index contributed by atoms with van der Waals surface area (Å²) in [5, 5.41) is 20.2. The molecular weight excluding hydrogens is 212 g/mol. The minimum absolute atomic E-state index is 0.0796. The van der Waals surface area contributed by atoms with Crippen molar-refractivity contribution in [3.8, 4) is 0 Å². The van der Waals surface area contributed by atoms with Crippen molar-refractivity contribution in [2.45, 2.75) is 19.0 Å². The molecule has 0 atom stereocenters. The molecule has 0 aromatic carbocycles. The van der Waals surface area contributed by atoms with Crippen molar-refractivity contribution in [2.24, 2.45) is 0 Å². The van der Waals surface area contributed by atoms with Crippen LogP contribution in [0, 0.1) is 0 Å². The first kappa shape index (κ1) is 14.4. The summed E-state index contributed by atoms with van der Waals surface area (Å²) < 4.78 is 0. The molecule has 0 unspecified atom stereocenters. The molecule has 0 saturated carbocycles. The number of hydrogen-bond donors (Lipinski definition) is 3. The van der Waals surface area contributed by atoms with Gasteiger partial charge in [0.25, 0.3) is 0 Å². The second kappa shape index (κ2) is 9.94. The second-order valence-electron chi connectivity index (χ2n) is 3.12. The summed E-state index contributed by atoms with van der Waals surface area (Å²) in [7, 11) is 0.911. The Bertz CT molecular complexity index is 163. The van der Waals surface area contributed by atoms with Gasteiger partial charge in [-0.2, -0.15) is 0 Å². The summed E-state index contributed by atoms with van der Waals surface area (Å²) in [5.41, 5.74) is 0. The lowest BCUT2D eigenvalue weighted by atomic mass is 10.4. The van der Waals surface area contributed by atoms with Crippen molar-refractivity contribution in [3.05, 3.63) is 0 Å². The summed E-state index contributed by atoms with van der Waals surface area (Å²) >= 11 is 0. The van der Waals surface area contributed by atoms with E-state index >= 15 is 0 Å².